The predicted molar refractivity (Wildman–Crippen MR) is 74.0 cm³/mol. The molecule has 1 aromatic rings. The third-order valence-electron chi connectivity index (χ3n) is 2.77. The Bertz CT molecular complexity index is 391. The molecule has 0 aromatic heterocycles. The maximum absolute atomic E-state index is 10.8. The Morgan fingerprint density at radius 2 is 1.94 bits per heavy atom. The van der Waals surface area contributed by atoms with Gasteiger partial charge in [-0.25, -0.2) is 0 Å². The van der Waals surface area contributed by atoms with Crippen molar-refractivity contribution in [2.75, 3.05) is 32.1 Å². The van der Waals surface area contributed by atoms with Crippen LogP contribution in [0.5, 0.6) is 0 Å². The number of carboxylic acids is 1. The Morgan fingerprint density at radius 1 is 1.28 bits per heavy atom. The lowest BCUT2D eigenvalue weighted by Gasteiger charge is -2.23. The first-order valence-electron chi connectivity index (χ1n) is 6.24. The summed E-state index contributed by atoms with van der Waals surface area (Å²) in [7, 11) is 4.00. The number of benzene rings is 1. The molecule has 0 aliphatic carbocycles. The minimum Gasteiger partial charge on any atom is -0.480 e. The summed E-state index contributed by atoms with van der Waals surface area (Å²) in [5.41, 5.74) is 2.31. The van der Waals surface area contributed by atoms with Crippen LogP contribution in [0.4, 0.5) is 5.69 Å². The fourth-order valence-electron chi connectivity index (χ4n) is 2.04. The molecule has 0 atom stereocenters. The van der Waals surface area contributed by atoms with Gasteiger partial charge in [0.2, 0.25) is 0 Å². The number of rotatable bonds is 7. The van der Waals surface area contributed by atoms with Gasteiger partial charge in [-0.15, -0.1) is 0 Å². The summed E-state index contributed by atoms with van der Waals surface area (Å²) in [4.78, 5) is 14.9. The van der Waals surface area contributed by atoms with Crippen molar-refractivity contribution >= 4 is 11.7 Å². The molecule has 0 saturated heterocycles. The zero-order valence-electron chi connectivity index (χ0n) is 11.4. The molecule has 0 amide bonds. The lowest BCUT2D eigenvalue weighted by molar-refractivity contribution is -0.138. The third kappa shape index (κ3) is 4.37. The number of hydrogen-bond acceptors (Lipinski definition) is 3. The van der Waals surface area contributed by atoms with Gasteiger partial charge in [0.1, 0.15) is 0 Å². The molecule has 1 rings (SSSR count). The summed E-state index contributed by atoms with van der Waals surface area (Å²) in [6.07, 6.45) is 0.956. The van der Waals surface area contributed by atoms with E-state index in [0.717, 1.165) is 24.2 Å². The van der Waals surface area contributed by atoms with Gasteiger partial charge >= 0.3 is 5.97 Å². The number of anilines is 1. The number of carboxylic acid groups (broad SMARTS) is 1. The summed E-state index contributed by atoms with van der Waals surface area (Å²) in [5, 5.41) is 8.91. The summed E-state index contributed by atoms with van der Waals surface area (Å²) in [6, 6.07) is 8.10. The van der Waals surface area contributed by atoms with Crippen LogP contribution in [0.25, 0.3) is 0 Å². The average molecular weight is 250 g/mol. The number of aliphatic carboxylic acids is 1. The molecule has 0 heterocycles. The van der Waals surface area contributed by atoms with Crippen LogP contribution in [-0.4, -0.2) is 43.2 Å². The van der Waals surface area contributed by atoms with Crippen molar-refractivity contribution in [2.24, 2.45) is 0 Å². The van der Waals surface area contributed by atoms with Crippen LogP contribution in [0.2, 0.25) is 0 Å². The van der Waals surface area contributed by atoms with Crippen LogP contribution in [0.15, 0.2) is 24.3 Å². The lowest BCUT2D eigenvalue weighted by atomic mass is 10.1. The second-order valence-corrected chi connectivity index (χ2v) is 4.63. The van der Waals surface area contributed by atoms with Crippen LogP contribution in [0.3, 0.4) is 0 Å². The molecule has 1 N–H and O–H groups in total. The molecule has 0 fully saturated rings. The highest BCUT2D eigenvalue weighted by Crippen LogP contribution is 2.19. The van der Waals surface area contributed by atoms with Gasteiger partial charge < -0.3 is 10.0 Å². The standard InChI is InChI=1S/C14H22N2O2/c1-4-9-16(11-14(17)18)10-12-7-5-6-8-13(12)15(2)3/h5-8H,4,9-11H2,1-3H3,(H,17,18). The van der Waals surface area contributed by atoms with Crippen molar-refractivity contribution in [1.82, 2.24) is 4.90 Å². The summed E-state index contributed by atoms with van der Waals surface area (Å²) >= 11 is 0. The molecule has 4 nitrogen and oxygen atoms in total. The fraction of sp³-hybridized carbons (Fsp3) is 0.500. The van der Waals surface area contributed by atoms with Gasteiger partial charge in [-0.3, -0.25) is 9.69 Å². The molecule has 0 spiro atoms. The predicted octanol–water partition coefficient (Wildman–Crippen LogP) is 2.05. The van der Waals surface area contributed by atoms with Crippen LogP contribution in [0.1, 0.15) is 18.9 Å². The number of nitrogens with zero attached hydrogens (tertiary/aromatic N) is 2. The Morgan fingerprint density at radius 3 is 2.50 bits per heavy atom. The van der Waals surface area contributed by atoms with Crippen molar-refractivity contribution in [3.63, 3.8) is 0 Å². The molecule has 0 bridgehead atoms. The summed E-state index contributed by atoms with van der Waals surface area (Å²) < 4.78 is 0. The monoisotopic (exact) mass is 250 g/mol. The normalized spacial score (nSPS) is 10.7. The van der Waals surface area contributed by atoms with Gasteiger partial charge in [-0.1, -0.05) is 25.1 Å². The smallest absolute Gasteiger partial charge is 0.317 e. The van der Waals surface area contributed by atoms with Crippen LogP contribution in [0, 0.1) is 0 Å². The Hall–Kier alpha value is -1.55. The largest absolute Gasteiger partial charge is 0.480 e. The van der Waals surface area contributed by atoms with E-state index in [1.54, 1.807) is 0 Å². The van der Waals surface area contributed by atoms with E-state index in [1.165, 1.54) is 0 Å². The maximum atomic E-state index is 10.8. The van der Waals surface area contributed by atoms with Crippen molar-refractivity contribution in [3.05, 3.63) is 29.8 Å². The van der Waals surface area contributed by atoms with E-state index in [9.17, 15) is 4.79 Å². The Kier molecular flexibility index (Phi) is 5.65. The van der Waals surface area contributed by atoms with Gasteiger partial charge in [-0.2, -0.15) is 0 Å². The third-order valence-corrected chi connectivity index (χ3v) is 2.77. The van der Waals surface area contributed by atoms with E-state index < -0.39 is 5.97 Å². The van der Waals surface area contributed by atoms with Gasteiger partial charge in [-0.05, 0) is 24.6 Å². The molecule has 100 valence electrons. The zero-order chi connectivity index (χ0) is 13.5. The zero-order valence-corrected chi connectivity index (χ0v) is 11.4. The van der Waals surface area contributed by atoms with E-state index in [2.05, 4.69) is 24.0 Å². The first-order valence-corrected chi connectivity index (χ1v) is 6.24. The van der Waals surface area contributed by atoms with Crippen LogP contribution in [-0.2, 0) is 11.3 Å². The van der Waals surface area contributed by atoms with E-state index in [0.29, 0.717) is 6.54 Å². The minimum atomic E-state index is -0.772. The first-order chi connectivity index (χ1) is 8.54. The quantitative estimate of drug-likeness (QED) is 0.804. The van der Waals surface area contributed by atoms with Gasteiger partial charge in [0.05, 0.1) is 6.54 Å². The molecule has 1 aromatic carbocycles. The summed E-state index contributed by atoms with van der Waals surface area (Å²) in [6.45, 7) is 3.63. The molecule has 0 unspecified atom stereocenters. The van der Waals surface area contributed by atoms with Crippen molar-refractivity contribution in [1.29, 1.82) is 0 Å². The van der Waals surface area contributed by atoms with E-state index in [-0.39, 0.29) is 6.54 Å². The highest BCUT2D eigenvalue weighted by molar-refractivity contribution is 5.69. The highest BCUT2D eigenvalue weighted by atomic mass is 16.4. The molecular weight excluding hydrogens is 228 g/mol. The topological polar surface area (TPSA) is 43.8 Å². The van der Waals surface area contributed by atoms with Crippen molar-refractivity contribution < 1.29 is 9.90 Å². The van der Waals surface area contributed by atoms with Crippen molar-refractivity contribution in [2.45, 2.75) is 19.9 Å². The maximum Gasteiger partial charge on any atom is 0.317 e. The Labute approximate surface area is 109 Å². The molecule has 0 radical (unpaired) electrons. The second kappa shape index (κ2) is 7.01. The van der Waals surface area contributed by atoms with E-state index in [4.69, 9.17) is 5.11 Å². The van der Waals surface area contributed by atoms with Crippen LogP contribution >= 0.6 is 0 Å². The van der Waals surface area contributed by atoms with Crippen LogP contribution < -0.4 is 4.90 Å². The SMILES string of the molecule is CCCN(CC(=O)O)Cc1ccccc1N(C)C. The molecule has 0 aliphatic heterocycles. The van der Waals surface area contributed by atoms with Gasteiger partial charge in [0.25, 0.3) is 0 Å². The second-order valence-electron chi connectivity index (χ2n) is 4.63. The number of para-hydroxylation sites is 1. The van der Waals surface area contributed by atoms with Crippen molar-refractivity contribution in [3.8, 4) is 0 Å². The highest BCUT2D eigenvalue weighted by Gasteiger charge is 2.12. The molecule has 4 heteroatoms. The lowest BCUT2D eigenvalue weighted by Crippen LogP contribution is -2.30. The first kappa shape index (κ1) is 14.5. The fourth-order valence-corrected chi connectivity index (χ4v) is 2.04. The summed E-state index contributed by atoms with van der Waals surface area (Å²) in [5.74, 6) is -0.772. The number of hydrogen-bond donors (Lipinski definition) is 1. The molecule has 0 saturated carbocycles. The van der Waals surface area contributed by atoms with Gasteiger partial charge in [0, 0.05) is 26.3 Å². The average Bonchev–Trinajstić information content (AvgIpc) is 2.28. The minimum absolute atomic E-state index is 0.0929. The number of carbonyl (C=O) groups is 1. The Balaban J connectivity index is 2.82. The van der Waals surface area contributed by atoms with Gasteiger partial charge in [0.15, 0.2) is 0 Å². The molecule has 0 aliphatic rings. The van der Waals surface area contributed by atoms with E-state index >= 15 is 0 Å². The van der Waals surface area contributed by atoms with E-state index in [1.807, 2.05) is 31.1 Å². The molecular formula is C14H22N2O2. The molecule has 18 heavy (non-hydrogen) atoms.